The second-order valence-electron chi connectivity index (χ2n) is 6.56. The predicted octanol–water partition coefficient (Wildman–Crippen LogP) is 2.51. The third kappa shape index (κ3) is 6.56. The van der Waals surface area contributed by atoms with Gasteiger partial charge < -0.3 is 20.5 Å². The summed E-state index contributed by atoms with van der Waals surface area (Å²) in [7, 11) is 1.55. The molecule has 31 heavy (non-hydrogen) atoms. The summed E-state index contributed by atoms with van der Waals surface area (Å²) < 4.78 is 38.9. The Morgan fingerprint density at radius 2 is 1.94 bits per heavy atom. The average molecular weight is 464 g/mol. The molecule has 1 amide bonds. The highest BCUT2D eigenvalue weighted by Crippen LogP contribution is 2.27. The lowest BCUT2D eigenvalue weighted by atomic mass is 10.0. The molecule has 1 fully saturated rings. The van der Waals surface area contributed by atoms with E-state index in [1.54, 1.807) is 25.3 Å². The fraction of sp³-hybridized carbons (Fsp3) is 0.444. The number of alkyl halides is 3. The maximum atomic E-state index is 12.8. The molecule has 0 radical (unpaired) electrons. The quantitative estimate of drug-likeness (QED) is 0.714. The molecular formula is C18H21ClF3N5O4. The molecule has 1 aromatic carbocycles. The largest absolute Gasteiger partial charge is 0.496 e. The summed E-state index contributed by atoms with van der Waals surface area (Å²) in [5.74, 6) is -2.28. The summed E-state index contributed by atoms with van der Waals surface area (Å²) in [5.41, 5.74) is 6.84. The lowest BCUT2D eigenvalue weighted by Gasteiger charge is -2.32. The number of hydrogen-bond donors (Lipinski definition) is 2. The van der Waals surface area contributed by atoms with E-state index in [2.05, 4.69) is 10.3 Å². The second-order valence-corrected chi connectivity index (χ2v) is 7.00. The van der Waals surface area contributed by atoms with Crippen molar-refractivity contribution in [2.24, 2.45) is 5.73 Å². The van der Waals surface area contributed by atoms with Crippen molar-refractivity contribution < 1.29 is 32.6 Å². The van der Waals surface area contributed by atoms with E-state index in [9.17, 15) is 18.0 Å². The molecule has 0 spiro atoms. The fourth-order valence-electron chi connectivity index (χ4n) is 2.94. The minimum Gasteiger partial charge on any atom is -0.496 e. The zero-order valence-electron chi connectivity index (χ0n) is 16.5. The van der Waals surface area contributed by atoms with Crippen molar-refractivity contribution in [1.29, 1.82) is 0 Å². The number of nitrogens with zero attached hydrogens (tertiary/aromatic N) is 4. The number of carbonyl (C=O) groups excluding carboxylic acids is 1. The number of ether oxygens (including phenoxy) is 1. The van der Waals surface area contributed by atoms with Gasteiger partial charge in [0.15, 0.2) is 0 Å². The minimum absolute atomic E-state index is 0.0611. The SMILES string of the molecule is COc1ccc(Cl)cc1C(=O)N1CCC(n2cc(CN)nn2)CC1.O=C(O)C(F)(F)F. The van der Waals surface area contributed by atoms with Crippen LogP contribution < -0.4 is 10.5 Å². The summed E-state index contributed by atoms with van der Waals surface area (Å²) >= 11 is 6.02. The van der Waals surface area contributed by atoms with E-state index in [1.165, 1.54) is 0 Å². The van der Waals surface area contributed by atoms with E-state index in [1.807, 2.05) is 15.8 Å². The monoisotopic (exact) mass is 463 g/mol. The van der Waals surface area contributed by atoms with Gasteiger partial charge in [0.2, 0.25) is 0 Å². The van der Waals surface area contributed by atoms with Crippen molar-refractivity contribution in [3.63, 3.8) is 0 Å². The summed E-state index contributed by atoms with van der Waals surface area (Å²) in [5, 5.41) is 15.8. The molecule has 0 unspecified atom stereocenters. The highest BCUT2D eigenvalue weighted by molar-refractivity contribution is 6.31. The van der Waals surface area contributed by atoms with Crippen LogP contribution in [0.5, 0.6) is 5.75 Å². The smallest absolute Gasteiger partial charge is 0.490 e. The molecule has 13 heteroatoms. The van der Waals surface area contributed by atoms with E-state index in [0.29, 0.717) is 36.0 Å². The van der Waals surface area contributed by atoms with E-state index in [0.717, 1.165) is 18.5 Å². The standard InChI is InChI=1S/C16H20ClN5O2.C2HF3O2/c1-24-15-3-2-11(17)8-14(15)16(23)21-6-4-13(5-7-21)22-10-12(9-18)19-20-22;3-2(4,5)1(6)7/h2-3,8,10,13H,4-7,9,18H2,1H3;(H,6,7). The Labute approximate surface area is 180 Å². The van der Waals surface area contributed by atoms with Crippen LogP contribution in [0.15, 0.2) is 24.4 Å². The van der Waals surface area contributed by atoms with Gasteiger partial charge in [-0.15, -0.1) is 5.10 Å². The number of nitrogens with two attached hydrogens (primary N) is 1. The Morgan fingerprint density at radius 3 is 2.42 bits per heavy atom. The van der Waals surface area contributed by atoms with Gasteiger partial charge in [0.1, 0.15) is 5.75 Å². The molecule has 0 bridgehead atoms. The third-order valence-corrected chi connectivity index (χ3v) is 4.76. The predicted molar refractivity (Wildman–Crippen MR) is 104 cm³/mol. The molecular weight excluding hydrogens is 443 g/mol. The number of methoxy groups -OCH3 is 1. The summed E-state index contributed by atoms with van der Waals surface area (Å²) in [6, 6.07) is 5.32. The number of piperidine rings is 1. The number of aliphatic carboxylic acids is 1. The van der Waals surface area contributed by atoms with Gasteiger partial charge in [-0.05, 0) is 31.0 Å². The van der Waals surface area contributed by atoms with E-state index >= 15 is 0 Å². The zero-order valence-corrected chi connectivity index (χ0v) is 17.2. The van der Waals surface area contributed by atoms with Crippen LogP contribution >= 0.6 is 11.6 Å². The number of hydrogen-bond acceptors (Lipinski definition) is 6. The number of aromatic nitrogens is 3. The number of amides is 1. The van der Waals surface area contributed by atoms with Crippen LogP contribution in [0, 0.1) is 0 Å². The zero-order chi connectivity index (χ0) is 23.2. The molecule has 9 nitrogen and oxygen atoms in total. The molecule has 0 atom stereocenters. The maximum absolute atomic E-state index is 12.8. The number of rotatable bonds is 4. The van der Waals surface area contributed by atoms with Gasteiger partial charge in [-0.25, -0.2) is 9.48 Å². The van der Waals surface area contributed by atoms with Crippen LogP contribution in [0.1, 0.15) is 34.9 Å². The molecule has 1 aliphatic rings. The Balaban J connectivity index is 0.000000423. The lowest BCUT2D eigenvalue weighted by Crippen LogP contribution is -2.39. The molecule has 1 aromatic heterocycles. The topological polar surface area (TPSA) is 124 Å². The number of likely N-dealkylation sites (tertiary alicyclic amines) is 1. The average Bonchev–Trinajstić information content (AvgIpc) is 3.22. The van der Waals surface area contributed by atoms with E-state index in [-0.39, 0.29) is 11.9 Å². The first-order valence-electron chi connectivity index (χ1n) is 9.10. The van der Waals surface area contributed by atoms with Crippen LogP contribution in [0.3, 0.4) is 0 Å². The molecule has 170 valence electrons. The van der Waals surface area contributed by atoms with Gasteiger partial charge in [0.05, 0.1) is 30.6 Å². The molecule has 0 saturated carbocycles. The Morgan fingerprint density at radius 1 is 1.32 bits per heavy atom. The Hall–Kier alpha value is -2.86. The number of carboxylic acids is 1. The fourth-order valence-corrected chi connectivity index (χ4v) is 3.11. The molecule has 2 aromatic rings. The van der Waals surface area contributed by atoms with Gasteiger partial charge in [-0.1, -0.05) is 16.8 Å². The number of carbonyl (C=O) groups is 2. The van der Waals surface area contributed by atoms with Gasteiger partial charge >= 0.3 is 12.1 Å². The van der Waals surface area contributed by atoms with Gasteiger partial charge in [0, 0.05) is 24.7 Å². The number of carboxylic acid groups (broad SMARTS) is 1. The highest BCUT2D eigenvalue weighted by atomic mass is 35.5. The molecule has 0 aliphatic carbocycles. The Bertz CT molecular complexity index is 914. The Kier molecular flexibility index (Phi) is 8.22. The third-order valence-electron chi connectivity index (χ3n) is 4.53. The van der Waals surface area contributed by atoms with Crippen molar-refractivity contribution in [2.45, 2.75) is 31.6 Å². The normalized spacial score (nSPS) is 14.6. The molecule has 1 aliphatic heterocycles. The van der Waals surface area contributed by atoms with Crippen LogP contribution in [0.4, 0.5) is 13.2 Å². The van der Waals surface area contributed by atoms with Crippen molar-refractivity contribution in [2.75, 3.05) is 20.2 Å². The summed E-state index contributed by atoms with van der Waals surface area (Å²) in [6.07, 6.45) is -1.56. The van der Waals surface area contributed by atoms with Crippen molar-refractivity contribution in [3.05, 3.63) is 40.7 Å². The highest BCUT2D eigenvalue weighted by Gasteiger charge is 2.38. The first-order chi connectivity index (χ1) is 14.6. The molecule has 2 heterocycles. The molecule has 3 N–H and O–H groups in total. The number of benzene rings is 1. The van der Waals surface area contributed by atoms with Gasteiger partial charge in [-0.3, -0.25) is 4.79 Å². The first kappa shape index (κ1) is 24.4. The molecule has 1 saturated heterocycles. The lowest BCUT2D eigenvalue weighted by molar-refractivity contribution is -0.192. The van der Waals surface area contributed by atoms with Crippen LogP contribution in [-0.4, -0.2) is 63.3 Å². The van der Waals surface area contributed by atoms with Crippen molar-refractivity contribution in [1.82, 2.24) is 19.9 Å². The maximum Gasteiger partial charge on any atom is 0.490 e. The van der Waals surface area contributed by atoms with Gasteiger partial charge in [-0.2, -0.15) is 13.2 Å². The van der Waals surface area contributed by atoms with Crippen molar-refractivity contribution in [3.8, 4) is 5.75 Å². The van der Waals surface area contributed by atoms with E-state index in [4.69, 9.17) is 32.0 Å². The summed E-state index contributed by atoms with van der Waals surface area (Å²) in [6.45, 7) is 1.68. The second kappa shape index (κ2) is 10.4. The number of halogens is 4. The van der Waals surface area contributed by atoms with Crippen LogP contribution in [0.2, 0.25) is 5.02 Å². The van der Waals surface area contributed by atoms with Crippen LogP contribution in [0.25, 0.3) is 0 Å². The molecule has 3 rings (SSSR count). The summed E-state index contributed by atoms with van der Waals surface area (Å²) in [4.78, 5) is 23.5. The minimum atomic E-state index is -5.08. The van der Waals surface area contributed by atoms with E-state index < -0.39 is 12.1 Å². The van der Waals surface area contributed by atoms with Crippen molar-refractivity contribution >= 4 is 23.5 Å². The van der Waals surface area contributed by atoms with Gasteiger partial charge in [0.25, 0.3) is 5.91 Å². The van der Waals surface area contributed by atoms with Crippen LogP contribution in [-0.2, 0) is 11.3 Å². The first-order valence-corrected chi connectivity index (χ1v) is 9.48.